The van der Waals surface area contributed by atoms with Crippen LogP contribution < -0.4 is 0 Å². The molecule has 3 rings (SSSR count). The third kappa shape index (κ3) is 4.68. The van der Waals surface area contributed by atoms with Crippen molar-refractivity contribution in [3.8, 4) is 5.75 Å². The van der Waals surface area contributed by atoms with Gasteiger partial charge in [-0.1, -0.05) is 0 Å². The van der Waals surface area contributed by atoms with Crippen molar-refractivity contribution in [2.24, 2.45) is 7.05 Å². The molecular weight excluding hydrogens is 493 g/mol. The van der Waals surface area contributed by atoms with Gasteiger partial charge in [0.15, 0.2) is 5.70 Å². The zero-order chi connectivity index (χ0) is 28.6. The Hall–Kier alpha value is -3.69. The van der Waals surface area contributed by atoms with E-state index in [9.17, 15) is 23.3 Å². The van der Waals surface area contributed by atoms with Crippen molar-refractivity contribution in [3.05, 3.63) is 68.2 Å². The molecule has 1 aliphatic rings. The molecule has 10 heteroatoms. The highest BCUT2D eigenvalue weighted by molar-refractivity contribution is 6.37. The van der Waals surface area contributed by atoms with E-state index in [1.54, 1.807) is 72.2 Å². The van der Waals surface area contributed by atoms with Gasteiger partial charge >= 0.3 is 19.3 Å². The number of ether oxygens (including phenoxy) is 2. The van der Waals surface area contributed by atoms with Crippen molar-refractivity contribution in [1.29, 1.82) is 0 Å². The molecule has 1 aromatic heterocycles. The molecule has 7 nitrogen and oxygen atoms in total. The number of carbonyl (C=O) groups excluding carboxylic acids is 2. The van der Waals surface area contributed by atoms with Crippen molar-refractivity contribution < 1.29 is 37.3 Å². The molecule has 0 spiro atoms. The van der Waals surface area contributed by atoms with E-state index >= 15 is 0 Å². The van der Waals surface area contributed by atoms with Gasteiger partial charge in [-0.25, -0.2) is 9.59 Å². The van der Waals surface area contributed by atoms with Crippen LogP contribution in [0.1, 0.15) is 71.7 Å². The topological polar surface area (TPSA) is 80.8 Å². The normalized spacial score (nSPS) is 15.1. The van der Waals surface area contributed by atoms with Crippen LogP contribution in [0.15, 0.2) is 29.0 Å². The van der Waals surface area contributed by atoms with Gasteiger partial charge in [0.05, 0.1) is 30.0 Å². The maximum Gasteiger partial charge on any atom is 0.609 e. The average Bonchev–Trinajstić information content (AvgIpc) is 3.19. The lowest BCUT2D eigenvalue weighted by Crippen LogP contribution is -2.27. The van der Waals surface area contributed by atoms with E-state index in [0.29, 0.717) is 50.4 Å². The summed E-state index contributed by atoms with van der Waals surface area (Å²) < 4.78 is 42.7. The summed E-state index contributed by atoms with van der Waals surface area (Å²) in [6, 6.07) is 3.12. The van der Waals surface area contributed by atoms with E-state index in [1.807, 2.05) is 0 Å². The molecular formula is C28H34BF2N2O5. The summed E-state index contributed by atoms with van der Waals surface area (Å²) in [5.41, 5.74) is 4.97. The number of esters is 2. The minimum absolute atomic E-state index is 0.0412. The lowest BCUT2D eigenvalue weighted by molar-refractivity contribution is -0.343. The van der Waals surface area contributed by atoms with Crippen LogP contribution in [-0.4, -0.2) is 52.4 Å². The smallest absolute Gasteiger partial charge is 0.508 e. The number of aromatic hydroxyl groups is 1. The van der Waals surface area contributed by atoms with E-state index in [1.165, 1.54) is 6.92 Å². The van der Waals surface area contributed by atoms with Crippen LogP contribution in [0.2, 0.25) is 0 Å². The maximum absolute atomic E-state index is 14.8. The van der Waals surface area contributed by atoms with Gasteiger partial charge in [0.1, 0.15) is 17.0 Å². The minimum atomic E-state index is -2.97. The van der Waals surface area contributed by atoms with Crippen molar-refractivity contribution >= 4 is 30.6 Å². The predicted molar refractivity (Wildman–Crippen MR) is 143 cm³/mol. The van der Waals surface area contributed by atoms with Crippen molar-refractivity contribution in [2.45, 2.75) is 55.4 Å². The van der Waals surface area contributed by atoms with Crippen molar-refractivity contribution in [2.75, 3.05) is 13.2 Å². The van der Waals surface area contributed by atoms with E-state index in [-0.39, 0.29) is 35.9 Å². The molecule has 2 heterocycles. The van der Waals surface area contributed by atoms with Crippen molar-refractivity contribution in [3.63, 3.8) is 0 Å². The molecule has 1 aliphatic heterocycles. The Labute approximate surface area is 222 Å². The number of benzene rings is 1. The first-order valence-electron chi connectivity index (χ1n) is 12.5. The summed E-state index contributed by atoms with van der Waals surface area (Å²) in [5, 5.41) is 10.2. The predicted octanol–water partition coefficient (Wildman–Crippen LogP) is 5.19. The molecule has 0 fully saturated rings. The summed E-state index contributed by atoms with van der Waals surface area (Å²) in [6.07, 6.45) is 0. The number of carbonyl (C=O) groups is 2. The number of aryl methyl sites for hydroxylation is 2. The Bertz CT molecular complexity index is 1410. The summed E-state index contributed by atoms with van der Waals surface area (Å²) in [7, 11) is -1.21. The SMILES string of the molecule is CCOC(=O)C1=C(C)/C(=C(\c2c(C)cc(O)cc2C)c2c(C)c(C(=O)OCC)c(C)n2C)[N+]([B-](F)F)=C1C. The molecule has 0 bridgehead atoms. The first kappa shape index (κ1) is 28.9. The van der Waals surface area contributed by atoms with Crippen LogP contribution in [0.25, 0.3) is 5.57 Å². The van der Waals surface area contributed by atoms with Crippen LogP contribution in [0.5, 0.6) is 5.75 Å². The summed E-state index contributed by atoms with van der Waals surface area (Å²) in [5.74, 6) is -1.15. The fourth-order valence-corrected chi connectivity index (χ4v) is 5.43. The van der Waals surface area contributed by atoms with Gasteiger partial charge in [0, 0.05) is 25.2 Å². The molecule has 0 atom stereocenters. The highest BCUT2D eigenvalue weighted by Gasteiger charge is 2.41. The Kier molecular flexibility index (Phi) is 8.34. The van der Waals surface area contributed by atoms with Crippen LogP contribution >= 0.6 is 0 Å². The monoisotopic (exact) mass is 527 g/mol. The maximum atomic E-state index is 14.8. The highest BCUT2D eigenvalue weighted by atomic mass is 19.2. The standard InChI is InChI=1S/C28H33BF2N2O5/c1-10-37-27(35)22-16(5)25(32(9)18(22)7)24(21-14(3)12-20(34)13-15(21)4)26-17(6)23(28(36)38-11-2)19(8)33(26)29(30)31/h12-13H,10-11H2,1-9H3/q-1/p+1. The Morgan fingerprint density at radius 2 is 1.47 bits per heavy atom. The largest absolute Gasteiger partial charge is 0.609 e. The molecule has 1 aromatic carbocycles. The van der Waals surface area contributed by atoms with Gasteiger partial charge in [-0.15, -0.1) is 0 Å². The summed E-state index contributed by atoms with van der Waals surface area (Å²) in [4.78, 5) is 25.8. The zero-order valence-electron chi connectivity index (χ0n) is 23.4. The fourth-order valence-electron chi connectivity index (χ4n) is 5.43. The Morgan fingerprint density at radius 3 is 1.97 bits per heavy atom. The molecule has 1 N–H and O–H groups in total. The first-order chi connectivity index (χ1) is 17.8. The molecule has 0 amide bonds. The number of halogens is 2. The number of aromatic nitrogens is 1. The fraction of sp³-hybridized carbons (Fsp3) is 0.393. The number of nitrogens with zero attached hydrogens (tertiary/aromatic N) is 2. The second-order valence-corrected chi connectivity index (χ2v) is 9.35. The van der Waals surface area contributed by atoms with Crippen molar-refractivity contribution in [1.82, 2.24) is 4.57 Å². The summed E-state index contributed by atoms with van der Waals surface area (Å²) >= 11 is 0. The number of phenolic OH excluding ortho intramolecular Hbond substituents is 1. The molecule has 203 valence electrons. The lowest BCUT2D eigenvalue weighted by Gasteiger charge is -2.21. The molecule has 0 unspecified atom stereocenters. The van der Waals surface area contributed by atoms with Gasteiger partial charge < -0.3 is 32.3 Å². The number of hydrogen-bond acceptors (Lipinski definition) is 5. The van der Waals surface area contributed by atoms with Gasteiger partial charge in [0.25, 0.3) is 0 Å². The second kappa shape index (κ2) is 11.0. The average molecular weight is 527 g/mol. The van der Waals surface area contributed by atoms with Gasteiger partial charge in [-0.05, 0) is 82.9 Å². The zero-order valence-corrected chi connectivity index (χ0v) is 23.4. The minimum Gasteiger partial charge on any atom is -0.508 e. The third-order valence-electron chi connectivity index (χ3n) is 7.02. The summed E-state index contributed by atoms with van der Waals surface area (Å²) in [6.45, 7) is 13.8. The number of rotatable bonds is 7. The second-order valence-electron chi connectivity index (χ2n) is 9.35. The van der Waals surface area contributed by atoms with Crippen LogP contribution in [-0.2, 0) is 21.3 Å². The van der Waals surface area contributed by atoms with Gasteiger partial charge in [-0.2, -0.15) is 0 Å². The lowest BCUT2D eigenvalue weighted by atomic mass is 9.87. The van der Waals surface area contributed by atoms with E-state index in [2.05, 4.69) is 0 Å². The first-order valence-corrected chi connectivity index (χ1v) is 12.5. The number of allylic oxidation sites excluding steroid dienone is 1. The van der Waals surface area contributed by atoms with E-state index in [4.69, 9.17) is 9.47 Å². The highest BCUT2D eigenvalue weighted by Crippen LogP contribution is 2.42. The third-order valence-corrected chi connectivity index (χ3v) is 7.02. The molecule has 0 saturated heterocycles. The molecule has 1 radical (unpaired) electrons. The van der Waals surface area contributed by atoms with E-state index in [0.717, 1.165) is 4.49 Å². The van der Waals surface area contributed by atoms with Crippen LogP contribution in [0.3, 0.4) is 0 Å². The van der Waals surface area contributed by atoms with Crippen LogP contribution in [0, 0.1) is 27.7 Å². The number of hydrogen-bond donors (Lipinski definition) is 1. The van der Waals surface area contributed by atoms with Gasteiger partial charge in [0.2, 0.25) is 0 Å². The quantitative estimate of drug-likeness (QED) is 0.396. The van der Waals surface area contributed by atoms with E-state index < -0.39 is 19.3 Å². The molecule has 0 saturated carbocycles. The van der Waals surface area contributed by atoms with Gasteiger partial charge in [-0.3, -0.25) is 0 Å². The molecule has 38 heavy (non-hydrogen) atoms. The molecule has 0 aliphatic carbocycles. The number of phenols is 1. The Morgan fingerprint density at radius 1 is 0.947 bits per heavy atom. The van der Waals surface area contributed by atoms with Crippen LogP contribution in [0.4, 0.5) is 8.63 Å². The Balaban J connectivity index is 2.62. The molecule has 2 aromatic rings.